The van der Waals surface area contributed by atoms with Crippen LogP contribution in [0.2, 0.25) is 5.02 Å². The molecule has 9 heteroatoms. The lowest BCUT2D eigenvalue weighted by molar-refractivity contribution is 0.183. The minimum Gasteiger partial charge on any atom is -0.303 e. The van der Waals surface area contributed by atoms with Crippen LogP contribution in [0.3, 0.4) is 0 Å². The van der Waals surface area contributed by atoms with E-state index in [4.69, 9.17) is 11.6 Å². The Hall–Kier alpha value is -2.42. The van der Waals surface area contributed by atoms with Crippen LogP contribution in [0.4, 0.5) is 4.39 Å². The predicted molar refractivity (Wildman–Crippen MR) is 137 cm³/mol. The smallest absolute Gasteiger partial charge is 0.303 e. The molecule has 0 radical (unpaired) electrons. The van der Waals surface area contributed by atoms with Gasteiger partial charge in [-0.25, -0.2) is 9.18 Å². The van der Waals surface area contributed by atoms with Crippen molar-refractivity contribution in [2.45, 2.75) is 44.8 Å². The average molecular weight is 503 g/mol. The minimum atomic E-state index is -0.548. The Morgan fingerprint density at radius 1 is 0.971 bits per heavy atom. The molecular weight excluding hydrogens is 475 g/mol. The number of imidazole rings is 1. The Labute approximate surface area is 205 Å². The summed E-state index contributed by atoms with van der Waals surface area (Å²) in [6.07, 6.45) is 3.76. The first-order valence-corrected chi connectivity index (χ1v) is 13.0. The molecule has 4 aromatic rings. The fourth-order valence-electron chi connectivity index (χ4n) is 5.07. The number of likely N-dealkylation sites (tertiary alicyclic amines) is 1. The second-order valence-corrected chi connectivity index (χ2v) is 10.4. The third kappa shape index (κ3) is 4.46. The number of piperidine rings is 1. The van der Waals surface area contributed by atoms with Gasteiger partial charge in [0.05, 0.1) is 27.7 Å². The Morgan fingerprint density at radius 2 is 1.71 bits per heavy atom. The maximum absolute atomic E-state index is 13.0. The van der Waals surface area contributed by atoms with Crippen LogP contribution in [0.1, 0.15) is 31.7 Å². The summed E-state index contributed by atoms with van der Waals surface area (Å²) in [5.74, 6) is 0. The van der Waals surface area contributed by atoms with Gasteiger partial charge in [-0.05, 0) is 62.6 Å². The normalized spacial score (nSPS) is 15.6. The van der Waals surface area contributed by atoms with E-state index in [1.165, 1.54) is 11.5 Å². The van der Waals surface area contributed by atoms with E-state index in [2.05, 4.69) is 4.90 Å². The van der Waals surface area contributed by atoms with Gasteiger partial charge in [0, 0.05) is 30.7 Å². The van der Waals surface area contributed by atoms with E-state index in [0.29, 0.717) is 10.4 Å². The van der Waals surface area contributed by atoms with Crippen molar-refractivity contribution in [2.75, 3.05) is 26.3 Å². The highest BCUT2D eigenvalue weighted by Gasteiger charge is 2.25. The van der Waals surface area contributed by atoms with Crippen molar-refractivity contribution in [2.24, 2.45) is 0 Å². The highest BCUT2D eigenvalue weighted by molar-refractivity contribution is 7.13. The van der Waals surface area contributed by atoms with E-state index < -0.39 is 6.67 Å². The van der Waals surface area contributed by atoms with Gasteiger partial charge in [-0.1, -0.05) is 35.3 Å². The van der Waals surface area contributed by atoms with Gasteiger partial charge in [0.1, 0.15) is 6.67 Å². The lowest BCUT2D eigenvalue weighted by Gasteiger charge is -2.32. The van der Waals surface area contributed by atoms with Gasteiger partial charge in [0.15, 0.2) is 0 Å². The molecule has 0 spiro atoms. The standard InChI is InChI=1S/C25H28ClFN4O2S/c26-18-7-8-23-20(17-18)24(32)30(34-23)13-4-3-12-28-14-9-19(10-15-28)31-22-6-2-1-5-21(22)29(16-11-27)25(31)33/h1-2,5-8,17,19H,3-4,9-16H2. The number of halogens is 2. The summed E-state index contributed by atoms with van der Waals surface area (Å²) in [5, 5.41) is 1.29. The molecule has 0 unspecified atom stereocenters. The molecule has 0 saturated carbocycles. The maximum Gasteiger partial charge on any atom is 0.329 e. The molecule has 0 N–H and O–H groups in total. The maximum atomic E-state index is 13.0. The largest absolute Gasteiger partial charge is 0.329 e. The number of alkyl halides is 1. The van der Waals surface area contributed by atoms with Crippen LogP contribution in [0.25, 0.3) is 21.1 Å². The summed E-state index contributed by atoms with van der Waals surface area (Å²) in [6, 6.07) is 13.3. The molecule has 6 nitrogen and oxygen atoms in total. The number of rotatable bonds is 8. The Morgan fingerprint density at radius 3 is 2.47 bits per heavy atom. The number of aryl methyl sites for hydroxylation is 2. The van der Waals surface area contributed by atoms with Crippen LogP contribution in [-0.2, 0) is 13.1 Å². The fraction of sp³-hybridized carbons (Fsp3) is 0.440. The quantitative estimate of drug-likeness (QED) is 0.321. The molecule has 1 saturated heterocycles. The number of fused-ring (bicyclic) bond motifs is 2. The molecule has 2 aromatic heterocycles. The van der Waals surface area contributed by atoms with Gasteiger partial charge in [-0.15, -0.1) is 0 Å². The van der Waals surface area contributed by atoms with Gasteiger partial charge < -0.3 is 4.90 Å². The van der Waals surface area contributed by atoms with E-state index in [0.717, 1.165) is 67.6 Å². The van der Waals surface area contributed by atoms with Crippen molar-refractivity contribution in [3.63, 3.8) is 0 Å². The van der Waals surface area contributed by atoms with Crippen LogP contribution in [0.15, 0.2) is 52.1 Å². The zero-order chi connectivity index (χ0) is 23.7. The number of para-hydroxylation sites is 2. The summed E-state index contributed by atoms with van der Waals surface area (Å²) in [6.45, 7) is 3.11. The molecule has 5 rings (SSSR count). The molecule has 0 atom stereocenters. The van der Waals surface area contributed by atoms with Crippen molar-refractivity contribution in [3.05, 3.63) is 68.3 Å². The molecule has 3 heterocycles. The van der Waals surface area contributed by atoms with Crippen LogP contribution < -0.4 is 11.2 Å². The van der Waals surface area contributed by atoms with Gasteiger partial charge in [-0.3, -0.25) is 17.9 Å². The molecule has 0 aliphatic carbocycles. The predicted octanol–water partition coefficient (Wildman–Crippen LogP) is 4.92. The third-order valence-electron chi connectivity index (χ3n) is 6.79. The average Bonchev–Trinajstić information content (AvgIpc) is 3.31. The van der Waals surface area contributed by atoms with Gasteiger partial charge in [-0.2, -0.15) is 0 Å². The second kappa shape index (κ2) is 10.1. The van der Waals surface area contributed by atoms with E-state index in [1.807, 2.05) is 44.9 Å². The highest BCUT2D eigenvalue weighted by atomic mass is 35.5. The Balaban J connectivity index is 1.16. The van der Waals surface area contributed by atoms with Crippen molar-refractivity contribution >= 4 is 44.3 Å². The van der Waals surface area contributed by atoms with Crippen LogP contribution in [0.5, 0.6) is 0 Å². The number of nitrogens with zero attached hydrogens (tertiary/aromatic N) is 4. The Kier molecular flexibility index (Phi) is 6.90. The third-order valence-corrected chi connectivity index (χ3v) is 8.15. The van der Waals surface area contributed by atoms with E-state index >= 15 is 0 Å². The summed E-state index contributed by atoms with van der Waals surface area (Å²) in [4.78, 5) is 28.0. The summed E-state index contributed by atoms with van der Waals surface area (Å²) >= 11 is 7.53. The molecule has 1 aliphatic rings. The van der Waals surface area contributed by atoms with Gasteiger partial charge in [0.2, 0.25) is 0 Å². The van der Waals surface area contributed by atoms with Crippen molar-refractivity contribution < 1.29 is 4.39 Å². The molecule has 180 valence electrons. The molecule has 0 bridgehead atoms. The zero-order valence-corrected chi connectivity index (χ0v) is 20.5. The zero-order valence-electron chi connectivity index (χ0n) is 19.0. The molecular formula is C25H28ClFN4O2S. The van der Waals surface area contributed by atoms with Gasteiger partial charge in [0.25, 0.3) is 5.56 Å². The summed E-state index contributed by atoms with van der Waals surface area (Å²) in [5.41, 5.74) is 1.65. The summed E-state index contributed by atoms with van der Waals surface area (Å²) < 4.78 is 19.3. The molecule has 2 aromatic carbocycles. The topological polar surface area (TPSA) is 52.2 Å². The van der Waals surface area contributed by atoms with Crippen molar-refractivity contribution in [1.29, 1.82) is 0 Å². The number of benzene rings is 2. The first-order valence-electron chi connectivity index (χ1n) is 11.8. The second-order valence-electron chi connectivity index (χ2n) is 8.90. The van der Waals surface area contributed by atoms with Crippen molar-refractivity contribution in [1.82, 2.24) is 18.0 Å². The number of hydrogen-bond acceptors (Lipinski definition) is 4. The molecule has 0 amide bonds. The lowest BCUT2D eigenvalue weighted by atomic mass is 10.0. The highest BCUT2D eigenvalue weighted by Crippen LogP contribution is 2.26. The summed E-state index contributed by atoms with van der Waals surface area (Å²) in [7, 11) is 0. The van der Waals surface area contributed by atoms with E-state index in [1.54, 1.807) is 10.6 Å². The Bertz CT molecular complexity index is 1410. The monoisotopic (exact) mass is 502 g/mol. The molecule has 34 heavy (non-hydrogen) atoms. The van der Waals surface area contributed by atoms with Crippen LogP contribution >= 0.6 is 23.1 Å². The van der Waals surface area contributed by atoms with Gasteiger partial charge >= 0.3 is 5.69 Å². The minimum absolute atomic E-state index is 0.0423. The first-order chi connectivity index (χ1) is 16.6. The van der Waals surface area contributed by atoms with Crippen LogP contribution in [0, 0.1) is 0 Å². The molecule has 1 fully saturated rings. The molecule has 1 aliphatic heterocycles. The lowest BCUT2D eigenvalue weighted by Crippen LogP contribution is -2.38. The van der Waals surface area contributed by atoms with E-state index in [9.17, 15) is 14.0 Å². The van der Waals surface area contributed by atoms with Crippen molar-refractivity contribution in [3.8, 4) is 0 Å². The SMILES string of the molecule is O=c1c2cc(Cl)ccc2sn1CCCCN1CCC(n2c(=O)n(CCF)c3ccccc32)CC1. The number of unbranched alkanes of at least 4 members (excludes halogenated alkanes) is 1. The number of hydrogen-bond donors (Lipinski definition) is 0. The van der Waals surface area contributed by atoms with Crippen LogP contribution in [-0.4, -0.2) is 44.3 Å². The fourth-order valence-corrected chi connectivity index (χ4v) is 6.25. The first kappa shape index (κ1) is 23.3. The number of aromatic nitrogens is 3. The van der Waals surface area contributed by atoms with E-state index in [-0.39, 0.29) is 23.8 Å².